The van der Waals surface area contributed by atoms with Gasteiger partial charge in [0.05, 0.1) is 16.8 Å². The molecule has 124 valence electrons. The molecule has 23 heavy (non-hydrogen) atoms. The van der Waals surface area contributed by atoms with Crippen molar-refractivity contribution in [3.8, 4) is 0 Å². The zero-order valence-electron chi connectivity index (χ0n) is 13.1. The number of nitro benzene ring substituents is 1. The average molecular weight is 338 g/mol. The van der Waals surface area contributed by atoms with Crippen LogP contribution >= 0.6 is 0 Å². The standard InChI is InChI=1S/C14H18N4O4S/c1-10(2)8-17-9-11(7-15-17)16-12-5-4-6-13(23(3,21)22)14(12)18(19)20/h4-7,9-10,16H,8H2,1-3H3. The molecular weight excluding hydrogens is 320 g/mol. The lowest BCUT2D eigenvalue weighted by Gasteiger charge is -2.08. The van der Waals surface area contributed by atoms with Gasteiger partial charge in [0.25, 0.3) is 0 Å². The topological polar surface area (TPSA) is 107 Å². The molecule has 9 heteroatoms. The van der Waals surface area contributed by atoms with Gasteiger partial charge in [0.15, 0.2) is 9.84 Å². The molecule has 0 saturated heterocycles. The molecule has 1 heterocycles. The molecule has 1 aromatic heterocycles. The van der Waals surface area contributed by atoms with Gasteiger partial charge >= 0.3 is 5.69 Å². The molecule has 2 rings (SSSR count). The van der Waals surface area contributed by atoms with Gasteiger partial charge in [-0.2, -0.15) is 5.10 Å². The maximum atomic E-state index is 11.7. The van der Waals surface area contributed by atoms with Crippen molar-refractivity contribution < 1.29 is 13.3 Å². The van der Waals surface area contributed by atoms with Gasteiger partial charge in [-0.1, -0.05) is 19.9 Å². The Balaban J connectivity index is 2.40. The SMILES string of the molecule is CC(C)Cn1cc(Nc2cccc(S(C)(=O)=O)c2[N+](=O)[O-])cn1. The van der Waals surface area contributed by atoms with Crippen LogP contribution in [0.4, 0.5) is 17.1 Å². The summed E-state index contributed by atoms with van der Waals surface area (Å²) in [5.74, 6) is 0.408. The number of para-hydroxylation sites is 1. The minimum Gasteiger partial charge on any atom is -0.347 e. The Morgan fingerprint density at radius 2 is 2.09 bits per heavy atom. The Morgan fingerprint density at radius 3 is 2.65 bits per heavy atom. The summed E-state index contributed by atoms with van der Waals surface area (Å²) in [6, 6.07) is 4.15. The Hall–Kier alpha value is -2.42. The number of rotatable bonds is 6. The lowest BCUT2D eigenvalue weighted by Crippen LogP contribution is -2.06. The highest BCUT2D eigenvalue weighted by molar-refractivity contribution is 7.90. The summed E-state index contributed by atoms with van der Waals surface area (Å²) >= 11 is 0. The number of anilines is 2. The van der Waals surface area contributed by atoms with E-state index in [4.69, 9.17) is 0 Å². The molecule has 0 bridgehead atoms. The van der Waals surface area contributed by atoms with Gasteiger partial charge in [0, 0.05) is 19.0 Å². The fourth-order valence-corrected chi connectivity index (χ4v) is 3.03. The summed E-state index contributed by atoms with van der Waals surface area (Å²) in [6.07, 6.45) is 4.20. The normalized spacial score (nSPS) is 11.7. The maximum Gasteiger partial charge on any atom is 0.311 e. The predicted octanol–water partition coefficient (Wildman–Crippen LogP) is 2.59. The van der Waals surface area contributed by atoms with Crippen molar-refractivity contribution in [2.24, 2.45) is 5.92 Å². The van der Waals surface area contributed by atoms with Gasteiger partial charge in [-0.15, -0.1) is 0 Å². The van der Waals surface area contributed by atoms with E-state index < -0.39 is 20.4 Å². The summed E-state index contributed by atoms with van der Waals surface area (Å²) in [5.41, 5.74) is 0.202. The van der Waals surface area contributed by atoms with E-state index in [2.05, 4.69) is 24.3 Å². The van der Waals surface area contributed by atoms with Crippen LogP contribution in [0, 0.1) is 16.0 Å². The van der Waals surface area contributed by atoms with Crippen LogP contribution in [0.15, 0.2) is 35.5 Å². The fourth-order valence-electron chi connectivity index (χ4n) is 2.17. The van der Waals surface area contributed by atoms with Gasteiger partial charge in [-0.3, -0.25) is 14.8 Å². The first-order valence-electron chi connectivity index (χ1n) is 6.95. The number of benzene rings is 1. The van der Waals surface area contributed by atoms with Crippen molar-refractivity contribution in [2.75, 3.05) is 11.6 Å². The average Bonchev–Trinajstić information content (AvgIpc) is 2.83. The summed E-state index contributed by atoms with van der Waals surface area (Å²) in [5, 5.41) is 18.3. The van der Waals surface area contributed by atoms with E-state index in [0.29, 0.717) is 18.2 Å². The van der Waals surface area contributed by atoms with Crippen LogP contribution in [0.3, 0.4) is 0 Å². The third-order valence-corrected chi connectivity index (χ3v) is 4.17. The number of nitro groups is 1. The number of nitrogens with zero attached hydrogens (tertiary/aromatic N) is 3. The number of hydrogen-bond acceptors (Lipinski definition) is 6. The molecule has 0 unspecified atom stereocenters. The van der Waals surface area contributed by atoms with Crippen LogP contribution in [0.5, 0.6) is 0 Å². The number of hydrogen-bond donors (Lipinski definition) is 1. The molecule has 0 atom stereocenters. The molecule has 0 aliphatic rings. The van der Waals surface area contributed by atoms with Crippen molar-refractivity contribution in [1.82, 2.24) is 9.78 Å². The van der Waals surface area contributed by atoms with E-state index in [9.17, 15) is 18.5 Å². The van der Waals surface area contributed by atoms with Gasteiger partial charge in [0.1, 0.15) is 10.6 Å². The number of nitrogens with one attached hydrogen (secondary N) is 1. The second-order valence-corrected chi connectivity index (χ2v) is 7.64. The predicted molar refractivity (Wildman–Crippen MR) is 86.6 cm³/mol. The minimum absolute atomic E-state index is 0.113. The first-order valence-corrected chi connectivity index (χ1v) is 8.84. The molecule has 2 aromatic rings. The van der Waals surface area contributed by atoms with E-state index in [1.54, 1.807) is 17.1 Å². The van der Waals surface area contributed by atoms with E-state index >= 15 is 0 Å². The van der Waals surface area contributed by atoms with Crippen LogP contribution in [-0.2, 0) is 16.4 Å². The van der Waals surface area contributed by atoms with E-state index in [1.165, 1.54) is 18.2 Å². The van der Waals surface area contributed by atoms with Crippen molar-refractivity contribution in [3.05, 3.63) is 40.7 Å². The second kappa shape index (κ2) is 6.37. The summed E-state index contributed by atoms with van der Waals surface area (Å²) in [4.78, 5) is 10.3. The Kier molecular flexibility index (Phi) is 4.69. The zero-order chi connectivity index (χ0) is 17.2. The molecular formula is C14H18N4O4S. The van der Waals surface area contributed by atoms with E-state index in [0.717, 1.165) is 6.26 Å². The largest absolute Gasteiger partial charge is 0.347 e. The van der Waals surface area contributed by atoms with Crippen molar-refractivity contribution >= 4 is 26.9 Å². The molecule has 0 fully saturated rings. The highest BCUT2D eigenvalue weighted by atomic mass is 32.2. The highest BCUT2D eigenvalue weighted by Crippen LogP contribution is 2.33. The summed E-state index contributed by atoms with van der Waals surface area (Å²) in [6.45, 7) is 4.82. The highest BCUT2D eigenvalue weighted by Gasteiger charge is 2.26. The van der Waals surface area contributed by atoms with Crippen molar-refractivity contribution in [1.29, 1.82) is 0 Å². The van der Waals surface area contributed by atoms with Crippen LogP contribution in [0.2, 0.25) is 0 Å². The first kappa shape index (κ1) is 16.9. The van der Waals surface area contributed by atoms with Crippen molar-refractivity contribution in [2.45, 2.75) is 25.3 Å². The molecule has 0 aliphatic heterocycles. The lowest BCUT2D eigenvalue weighted by molar-refractivity contribution is -0.386. The first-order chi connectivity index (χ1) is 10.7. The van der Waals surface area contributed by atoms with Gasteiger partial charge in [-0.05, 0) is 18.1 Å². The number of sulfone groups is 1. The van der Waals surface area contributed by atoms with Crippen LogP contribution < -0.4 is 5.32 Å². The summed E-state index contributed by atoms with van der Waals surface area (Å²) < 4.78 is 25.2. The second-order valence-electron chi connectivity index (χ2n) is 5.65. The van der Waals surface area contributed by atoms with E-state index in [1.807, 2.05) is 0 Å². The zero-order valence-corrected chi connectivity index (χ0v) is 13.9. The van der Waals surface area contributed by atoms with Crippen LogP contribution in [-0.4, -0.2) is 29.4 Å². The smallest absolute Gasteiger partial charge is 0.311 e. The quantitative estimate of drug-likeness (QED) is 0.641. The lowest BCUT2D eigenvalue weighted by atomic mass is 10.2. The van der Waals surface area contributed by atoms with Crippen molar-refractivity contribution in [3.63, 3.8) is 0 Å². The molecule has 1 aromatic carbocycles. The van der Waals surface area contributed by atoms with Gasteiger partial charge in [0.2, 0.25) is 0 Å². The molecule has 0 amide bonds. The molecule has 8 nitrogen and oxygen atoms in total. The number of aromatic nitrogens is 2. The Morgan fingerprint density at radius 1 is 1.39 bits per heavy atom. The van der Waals surface area contributed by atoms with Gasteiger partial charge < -0.3 is 5.32 Å². The molecule has 0 spiro atoms. The Bertz CT molecular complexity index is 827. The van der Waals surface area contributed by atoms with Gasteiger partial charge in [-0.25, -0.2) is 8.42 Å². The van der Waals surface area contributed by atoms with Crippen LogP contribution in [0.1, 0.15) is 13.8 Å². The maximum absolute atomic E-state index is 11.7. The molecule has 1 N–H and O–H groups in total. The van der Waals surface area contributed by atoms with Crippen LogP contribution in [0.25, 0.3) is 0 Å². The monoisotopic (exact) mass is 338 g/mol. The molecule has 0 saturated carbocycles. The summed E-state index contributed by atoms with van der Waals surface area (Å²) in [7, 11) is -3.71. The molecule has 0 aliphatic carbocycles. The third-order valence-electron chi connectivity index (χ3n) is 3.05. The third kappa shape index (κ3) is 4.07. The minimum atomic E-state index is -3.71. The Labute approximate surface area is 134 Å². The van der Waals surface area contributed by atoms with E-state index in [-0.39, 0.29) is 10.6 Å². The molecule has 0 radical (unpaired) electrons. The fraction of sp³-hybridized carbons (Fsp3) is 0.357.